The summed E-state index contributed by atoms with van der Waals surface area (Å²) < 4.78 is 32.8. The van der Waals surface area contributed by atoms with E-state index in [1.807, 2.05) is 30.3 Å². The van der Waals surface area contributed by atoms with Gasteiger partial charge in [-0.1, -0.05) is 30.3 Å². The van der Waals surface area contributed by atoms with E-state index in [0.29, 0.717) is 22.4 Å². The first-order valence-electron chi connectivity index (χ1n) is 9.19. The fraction of sp³-hybridized carbons (Fsp3) is 0. The van der Waals surface area contributed by atoms with Crippen LogP contribution < -0.4 is 0 Å². The Hall–Kier alpha value is -4.06. The molecule has 0 aliphatic rings. The van der Waals surface area contributed by atoms with E-state index in [1.54, 1.807) is 30.5 Å². The second-order valence-electron chi connectivity index (χ2n) is 6.77. The molecule has 0 aliphatic heterocycles. The van der Waals surface area contributed by atoms with Crippen LogP contribution in [0.3, 0.4) is 0 Å². The molecule has 0 unspecified atom stereocenters. The van der Waals surface area contributed by atoms with Crippen LogP contribution in [0.5, 0.6) is 5.75 Å². The minimum Gasteiger partial charge on any atom is -0.507 e. The van der Waals surface area contributed by atoms with Gasteiger partial charge in [-0.2, -0.15) is 0 Å². The van der Waals surface area contributed by atoms with E-state index in [9.17, 15) is 13.9 Å². The van der Waals surface area contributed by atoms with Crippen LogP contribution in [0.2, 0.25) is 0 Å². The first-order chi connectivity index (χ1) is 14.6. The Morgan fingerprint density at radius 1 is 0.933 bits per heavy atom. The molecule has 0 radical (unpaired) electrons. The van der Waals surface area contributed by atoms with Gasteiger partial charge in [-0.05, 0) is 47.2 Å². The summed E-state index contributed by atoms with van der Waals surface area (Å²) in [6.07, 6.45) is 1.60. The van der Waals surface area contributed by atoms with Crippen molar-refractivity contribution in [2.45, 2.75) is 0 Å². The Morgan fingerprint density at radius 2 is 1.80 bits per heavy atom. The van der Waals surface area contributed by atoms with E-state index < -0.39 is 11.6 Å². The van der Waals surface area contributed by atoms with Gasteiger partial charge in [0, 0.05) is 17.8 Å². The molecule has 1 aromatic heterocycles. The van der Waals surface area contributed by atoms with E-state index in [4.69, 9.17) is 4.42 Å². The Bertz CT molecular complexity index is 1440. The third-order valence-electron chi connectivity index (χ3n) is 4.82. The number of nitrogens with zero attached hydrogens (tertiary/aromatic N) is 2. The summed E-state index contributed by atoms with van der Waals surface area (Å²) in [5, 5.41) is 12.1. The summed E-state index contributed by atoms with van der Waals surface area (Å²) in [6, 6.07) is 19.5. The van der Waals surface area contributed by atoms with Crippen molar-refractivity contribution in [1.29, 1.82) is 0 Å². The predicted molar refractivity (Wildman–Crippen MR) is 112 cm³/mol. The highest BCUT2D eigenvalue weighted by molar-refractivity contribution is 6.03. The molecule has 5 rings (SSSR count). The molecule has 0 saturated heterocycles. The van der Waals surface area contributed by atoms with Crippen molar-refractivity contribution in [2.75, 3.05) is 0 Å². The molecule has 0 amide bonds. The van der Waals surface area contributed by atoms with Crippen molar-refractivity contribution in [2.24, 2.45) is 4.99 Å². The van der Waals surface area contributed by atoms with Gasteiger partial charge in [-0.15, -0.1) is 0 Å². The maximum Gasteiger partial charge on any atom is 0.230 e. The highest BCUT2D eigenvalue weighted by atomic mass is 19.1. The zero-order valence-electron chi connectivity index (χ0n) is 15.5. The molecule has 6 heteroatoms. The van der Waals surface area contributed by atoms with Gasteiger partial charge in [0.1, 0.15) is 22.9 Å². The quantitative estimate of drug-likeness (QED) is 0.357. The molecule has 4 aromatic carbocycles. The highest BCUT2D eigenvalue weighted by Gasteiger charge is 2.14. The van der Waals surface area contributed by atoms with Crippen LogP contribution in [-0.4, -0.2) is 16.3 Å². The lowest BCUT2D eigenvalue weighted by Crippen LogP contribution is -1.86. The van der Waals surface area contributed by atoms with Crippen LogP contribution in [-0.2, 0) is 0 Å². The second kappa shape index (κ2) is 7.08. The number of hydrogen-bond acceptors (Lipinski definition) is 4. The van der Waals surface area contributed by atoms with Crippen LogP contribution >= 0.6 is 0 Å². The van der Waals surface area contributed by atoms with Gasteiger partial charge in [-0.3, -0.25) is 4.99 Å². The number of rotatable bonds is 3. The Morgan fingerprint density at radius 3 is 2.67 bits per heavy atom. The standard InChI is InChI=1S/C24H14F2N2O2/c25-15-6-8-18(20(26)11-15)24-28-21-12-16(7-10-23(21)30-24)27-13-19-17-4-2-1-3-14(17)5-9-22(19)29/h1-13,29H. The fourth-order valence-corrected chi connectivity index (χ4v) is 3.33. The van der Waals surface area contributed by atoms with Crippen LogP contribution in [0, 0.1) is 11.6 Å². The molecule has 4 nitrogen and oxygen atoms in total. The zero-order chi connectivity index (χ0) is 20.7. The molecule has 30 heavy (non-hydrogen) atoms. The van der Waals surface area contributed by atoms with Crippen LogP contribution in [0.15, 0.2) is 82.2 Å². The molecule has 0 atom stereocenters. The summed E-state index contributed by atoms with van der Waals surface area (Å²) in [4.78, 5) is 8.76. The number of aromatic hydroxyl groups is 1. The van der Waals surface area contributed by atoms with Gasteiger partial charge in [0.2, 0.25) is 5.89 Å². The Kier molecular flexibility index (Phi) is 4.25. The van der Waals surface area contributed by atoms with Crippen LogP contribution in [0.1, 0.15) is 5.56 Å². The minimum absolute atomic E-state index is 0.0651. The summed E-state index contributed by atoms with van der Waals surface area (Å²) in [5.74, 6) is -1.21. The smallest absolute Gasteiger partial charge is 0.230 e. The number of aliphatic imine (C=N–C) groups is 1. The van der Waals surface area contributed by atoms with Gasteiger partial charge in [0.15, 0.2) is 5.58 Å². The number of hydrogen-bond donors (Lipinski definition) is 1. The third-order valence-corrected chi connectivity index (χ3v) is 4.82. The summed E-state index contributed by atoms with van der Waals surface area (Å²) in [5.41, 5.74) is 2.24. The molecule has 1 N–H and O–H groups in total. The maximum atomic E-state index is 14.0. The highest BCUT2D eigenvalue weighted by Crippen LogP contribution is 2.30. The van der Waals surface area contributed by atoms with Gasteiger partial charge >= 0.3 is 0 Å². The summed E-state index contributed by atoms with van der Waals surface area (Å²) >= 11 is 0. The number of benzene rings is 4. The van der Waals surface area contributed by atoms with E-state index >= 15 is 0 Å². The Labute approximate surface area is 169 Å². The minimum atomic E-state index is -0.744. The average molecular weight is 400 g/mol. The van der Waals surface area contributed by atoms with Gasteiger partial charge in [0.05, 0.1) is 11.3 Å². The molecular formula is C24H14F2N2O2. The monoisotopic (exact) mass is 400 g/mol. The molecule has 5 aromatic rings. The van der Waals surface area contributed by atoms with Gasteiger partial charge in [-0.25, -0.2) is 13.8 Å². The summed E-state index contributed by atoms with van der Waals surface area (Å²) in [7, 11) is 0. The second-order valence-corrected chi connectivity index (χ2v) is 6.77. The van der Waals surface area contributed by atoms with E-state index in [-0.39, 0.29) is 17.2 Å². The zero-order valence-corrected chi connectivity index (χ0v) is 15.5. The number of phenols is 1. The lowest BCUT2D eigenvalue weighted by Gasteiger charge is -2.04. The fourth-order valence-electron chi connectivity index (χ4n) is 3.33. The lowest BCUT2D eigenvalue weighted by molar-refractivity contribution is 0.475. The van der Waals surface area contributed by atoms with E-state index in [2.05, 4.69) is 9.98 Å². The van der Waals surface area contributed by atoms with Gasteiger partial charge in [0.25, 0.3) is 0 Å². The first kappa shape index (κ1) is 18.0. The first-order valence-corrected chi connectivity index (χ1v) is 9.19. The van der Waals surface area contributed by atoms with Crippen molar-refractivity contribution in [3.63, 3.8) is 0 Å². The topological polar surface area (TPSA) is 58.6 Å². The summed E-state index contributed by atoms with van der Waals surface area (Å²) in [6.45, 7) is 0. The number of oxazole rings is 1. The molecule has 0 saturated carbocycles. The molecule has 0 spiro atoms. The van der Waals surface area contributed by atoms with Crippen molar-refractivity contribution in [3.05, 3.63) is 90.0 Å². The molecule has 1 heterocycles. The molecule has 0 aliphatic carbocycles. The van der Waals surface area contributed by atoms with Crippen LogP contribution in [0.25, 0.3) is 33.3 Å². The SMILES string of the molecule is Oc1ccc2ccccc2c1C=Nc1ccc2oc(-c3ccc(F)cc3F)nc2c1. The number of halogens is 2. The molecule has 0 fully saturated rings. The molecular weight excluding hydrogens is 386 g/mol. The maximum absolute atomic E-state index is 14.0. The largest absolute Gasteiger partial charge is 0.507 e. The third kappa shape index (κ3) is 3.18. The number of phenolic OH excluding ortho intramolecular Hbond substituents is 1. The number of fused-ring (bicyclic) bond motifs is 2. The average Bonchev–Trinajstić information content (AvgIpc) is 3.16. The number of aromatic nitrogens is 1. The lowest BCUT2D eigenvalue weighted by atomic mass is 10.0. The van der Waals surface area contributed by atoms with Crippen molar-refractivity contribution >= 4 is 33.8 Å². The molecule has 0 bridgehead atoms. The van der Waals surface area contributed by atoms with Crippen molar-refractivity contribution < 1.29 is 18.3 Å². The van der Waals surface area contributed by atoms with Gasteiger partial charge < -0.3 is 9.52 Å². The Balaban J connectivity index is 1.53. The van der Waals surface area contributed by atoms with Crippen molar-refractivity contribution in [1.82, 2.24) is 4.98 Å². The van der Waals surface area contributed by atoms with E-state index in [0.717, 1.165) is 22.9 Å². The normalized spacial score (nSPS) is 11.7. The predicted octanol–water partition coefficient (Wildman–Crippen LogP) is 6.38. The van der Waals surface area contributed by atoms with E-state index in [1.165, 1.54) is 6.07 Å². The molecule has 146 valence electrons. The van der Waals surface area contributed by atoms with Crippen molar-refractivity contribution in [3.8, 4) is 17.2 Å². The van der Waals surface area contributed by atoms with Crippen LogP contribution in [0.4, 0.5) is 14.5 Å².